The van der Waals surface area contributed by atoms with E-state index < -0.39 is 0 Å². The second-order valence-electron chi connectivity index (χ2n) is 7.79. The molecule has 1 N–H and O–H groups in total. The number of Topliss-reactive ketones (excluding diaryl/α,β-unsaturated/α-hetero) is 1. The van der Waals surface area contributed by atoms with E-state index in [4.69, 9.17) is 4.74 Å². The van der Waals surface area contributed by atoms with Crippen LogP contribution in [0.2, 0.25) is 0 Å². The van der Waals surface area contributed by atoms with E-state index in [0.29, 0.717) is 18.6 Å². The average Bonchev–Trinajstić information content (AvgIpc) is 2.59. The number of nitrogens with one attached hydrogen (secondary N) is 1. The van der Waals surface area contributed by atoms with Gasteiger partial charge in [0, 0.05) is 17.5 Å². The molecule has 3 rings (SSSR count). The molecule has 0 radical (unpaired) electrons. The van der Waals surface area contributed by atoms with E-state index >= 15 is 0 Å². The number of ether oxygens (including phenoxy) is 1. The third-order valence-corrected chi connectivity index (χ3v) is 5.58. The molecule has 0 saturated heterocycles. The Morgan fingerprint density at radius 1 is 1.15 bits per heavy atom. The summed E-state index contributed by atoms with van der Waals surface area (Å²) in [6.45, 7) is 3.84. The summed E-state index contributed by atoms with van der Waals surface area (Å²) in [7, 11) is 0. The Labute approximate surface area is 154 Å². The van der Waals surface area contributed by atoms with Gasteiger partial charge in [0.2, 0.25) is 0 Å². The number of carbonyl (C=O) groups is 3. The quantitative estimate of drug-likeness (QED) is 0.816. The van der Waals surface area contributed by atoms with Gasteiger partial charge < -0.3 is 10.1 Å². The van der Waals surface area contributed by atoms with Gasteiger partial charge in [0.05, 0.1) is 5.92 Å². The van der Waals surface area contributed by atoms with Crippen molar-refractivity contribution >= 4 is 23.3 Å². The molecule has 5 nitrogen and oxygen atoms in total. The van der Waals surface area contributed by atoms with Crippen LogP contribution in [-0.4, -0.2) is 24.3 Å². The lowest BCUT2D eigenvalue weighted by molar-refractivity contribution is -0.155. The maximum absolute atomic E-state index is 12.4. The molecule has 1 amide bonds. The van der Waals surface area contributed by atoms with Crippen molar-refractivity contribution < 1.29 is 19.1 Å². The van der Waals surface area contributed by atoms with Crippen molar-refractivity contribution in [1.29, 1.82) is 0 Å². The minimum Gasteiger partial charge on any atom is -0.455 e. The fourth-order valence-corrected chi connectivity index (χ4v) is 4.23. The Balaban J connectivity index is 1.52. The molecule has 0 aromatic heterocycles. The van der Waals surface area contributed by atoms with Crippen LogP contribution in [0.3, 0.4) is 0 Å². The van der Waals surface area contributed by atoms with Gasteiger partial charge in [0.25, 0.3) is 5.91 Å². The van der Waals surface area contributed by atoms with Crippen LogP contribution in [0.25, 0.3) is 0 Å². The molecule has 2 aliphatic rings. The third kappa shape index (κ3) is 4.14. The van der Waals surface area contributed by atoms with Crippen LogP contribution >= 0.6 is 0 Å². The lowest BCUT2D eigenvalue weighted by Crippen LogP contribution is -2.40. The van der Waals surface area contributed by atoms with Gasteiger partial charge in [-0.3, -0.25) is 14.4 Å². The molecule has 5 heteroatoms. The number of rotatable bonds is 5. The van der Waals surface area contributed by atoms with Crippen LogP contribution in [0.5, 0.6) is 0 Å². The normalized spacial score (nSPS) is 25.0. The van der Waals surface area contributed by atoms with E-state index in [9.17, 15) is 14.4 Å². The number of hydrogen-bond donors (Lipinski definition) is 1. The van der Waals surface area contributed by atoms with E-state index in [-0.39, 0.29) is 42.2 Å². The molecule has 0 spiro atoms. The van der Waals surface area contributed by atoms with Crippen molar-refractivity contribution in [2.45, 2.75) is 51.9 Å². The zero-order valence-corrected chi connectivity index (χ0v) is 15.5. The number of benzene rings is 1. The second-order valence-corrected chi connectivity index (χ2v) is 7.79. The maximum atomic E-state index is 12.4. The van der Waals surface area contributed by atoms with Gasteiger partial charge in [0.15, 0.2) is 6.61 Å². The summed E-state index contributed by atoms with van der Waals surface area (Å²) in [5.41, 5.74) is 1.80. The molecule has 1 aromatic rings. The van der Waals surface area contributed by atoms with Gasteiger partial charge >= 0.3 is 5.97 Å². The third-order valence-electron chi connectivity index (χ3n) is 5.58. The fourth-order valence-electron chi connectivity index (χ4n) is 4.23. The fraction of sp³-hybridized carbons (Fsp3) is 0.571. The largest absolute Gasteiger partial charge is 0.455 e. The highest BCUT2D eigenvalue weighted by Gasteiger charge is 2.41. The lowest BCUT2D eigenvalue weighted by atomic mass is 9.67. The van der Waals surface area contributed by atoms with Crippen LogP contribution < -0.4 is 5.32 Å². The van der Waals surface area contributed by atoms with Crippen molar-refractivity contribution in [2.75, 3.05) is 11.9 Å². The Morgan fingerprint density at radius 3 is 2.46 bits per heavy atom. The molecule has 2 bridgehead atoms. The molecule has 2 aliphatic carbocycles. The number of para-hydroxylation sites is 1. The van der Waals surface area contributed by atoms with E-state index in [2.05, 4.69) is 19.2 Å². The van der Waals surface area contributed by atoms with Crippen LogP contribution in [0.15, 0.2) is 24.3 Å². The first-order chi connectivity index (χ1) is 12.5. The Hall–Kier alpha value is -2.17. The van der Waals surface area contributed by atoms with Crippen LogP contribution in [0.4, 0.5) is 5.69 Å². The van der Waals surface area contributed by atoms with Crippen molar-refractivity contribution in [3.63, 3.8) is 0 Å². The van der Waals surface area contributed by atoms with Crippen molar-refractivity contribution in [3.8, 4) is 0 Å². The molecule has 2 saturated carbocycles. The SMILES string of the molecule is CC(C)c1ccccc1NC(=O)COC(=O)C1C[C@H]2CCC[C@@H](C1)C2=O. The molecule has 3 atom stereocenters. The van der Waals surface area contributed by atoms with E-state index in [1.165, 1.54) is 0 Å². The summed E-state index contributed by atoms with van der Waals surface area (Å²) >= 11 is 0. The average molecular weight is 357 g/mol. The van der Waals surface area contributed by atoms with Crippen molar-refractivity contribution in [2.24, 2.45) is 17.8 Å². The number of fused-ring (bicyclic) bond motifs is 2. The zero-order valence-electron chi connectivity index (χ0n) is 15.5. The second kappa shape index (κ2) is 8.02. The van der Waals surface area contributed by atoms with Crippen LogP contribution in [0.1, 0.15) is 57.4 Å². The standard InChI is InChI=1S/C21H27NO4/c1-13(2)17-8-3-4-9-18(17)22-19(23)12-26-21(25)16-10-14-6-5-7-15(11-16)20(14)24/h3-4,8-9,13-16H,5-7,10-12H2,1-2H3,(H,22,23)/t14-,15+,16?. The number of anilines is 1. The molecule has 1 unspecified atom stereocenters. The highest BCUT2D eigenvalue weighted by atomic mass is 16.5. The molecule has 26 heavy (non-hydrogen) atoms. The van der Waals surface area contributed by atoms with Crippen molar-refractivity contribution in [1.82, 2.24) is 0 Å². The first-order valence-electron chi connectivity index (χ1n) is 9.54. The molecule has 0 aliphatic heterocycles. The summed E-state index contributed by atoms with van der Waals surface area (Å²) in [4.78, 5) is 36.7. The summed E-state index contributed by atoms with van der Waals surface area (Å²) < 4.78 is 5.25. The van der Waals surface area contributed by atoms with E-state index in [0.717, 1.165) is 30.5 Å². The molecule has 140 valence electrons. The topological polar surface area (TPSA) is 72.5 Å². The van der Waals surface area contributed by atoms with Gasteiger partial charge in [-0.1, -0.05) is 38.5 Å². The van der Waals surface area contributed by atoms with Gasteiger partial charge in [-0.15, -0.1) is 0 Å². The number of amides is 1. The number of hydrogen-bond acceptors (Lipinski definition) is 4. The van der Waals surface area contributed by atoms with Gasteiger partial charge in [0.1, 0.15) is 5.78 Å². The Morgan fingerprint density at radius 2 is 1.81 bits per heavy atom. The first kappa shape index (κ1) is 18.6. The summed E-state index contributed by atoms with van der Waals surface area (Å²) in [5.74, 6) is -0.311. The summed E-state index contributed by atoms with van der Waals surface area (Å²) in [6, 6.07) is 7.63. The maximum Gasteiger partial charge on any atom is 0.309 e. The van der Waals surface area contributed by atoms with Gasteiger partial charge in [-0.05, 0) is 43.2 Å². The number of carbonyl (C=O) groups excluding carboxylic acids is 3. The summed E-state index contributed by atoms with van der Waals surface area (Å²) in [6.07, 6.45) is 3.98. The summed E-state index contributed by atoms with van der Waals surface area (Å²) in [5, 5.41) is 2.83. The highest BCUT2D eigenvalue weighted by Crippen LogP contribution is 2.40. The molecule has 2 fully saturated rings. The predicted octanol–water partition coefficient (Wildman–Crippen LogP) is 3.69. The Bertz CT molecular complexity index is 681. The van der Waals surface area contributed by atoms with Crippen LogP contribution in [0, 0.1) is 17.8 Å². The van der Waals surface area contributed by atoms with E-state index in [1.54, 1.807) is 0 Å². The zero-order chi connectivity index (χ0) is 18.7. The smallest absolute Gasteiger partial charge is 0.309 e. The minimum atomic E-state index is -0.346. The molecule has 1 aromatic carbocycles. The van der Waals surface area contributed by atoms with Crippen molar-refractivity contribution in [3.05, 3.63) is 29.8 Å². The first-order valence-corrected chi connectivity index (χ1v) is 9.54. The van der Waals surface area contributed by atoms with Gasteiger partial charge in [-0.2, -0.15) is 0 Å². The molecular weight excluding hydrogens is 330 g/mol. The van der Waals surface area contributed by atoms with Crippen LogP contribution in [-0.2, 0) is 19.1 Å². The number of ketones is 1. The molecular formula is C21H27NO4. The number of esters is 1. The minimum absolute atomic E-state index is 0.00629. The highest BCUT2D eigenvalue weighted by molar-refractivity contribution is 5.94. The molecule has 0 heterocycles. The van der Waals surface area contributed by atoms with Gasteiger partial charge in [-0.25, -0.2) is 0 Å². The van der Waals surface area contributed by atoms with E-state index in [1.807, 2.05) is 24.3 Å². The lowest BCUT2D eigenvalue weighted by Gasteiger charge is -2.36. The monoisotopic (exact) mass is 357 g/mol. The predicted molar refractivity (Wildman–Crippen MR) is 98.7 cm³/mol. The Kier molecular flexibility index (Phi) is 5.74.